The number of nitrogens with one attached hydrogen (secondary N) is 1. The monoisotopic (exact) mass is 239 g/mol. The smallest absolute Gasteiger partial charge is 0.0117 e. The molecule has 100 valence electrons. The van der Waals surface area contributed by atoms with Crippen LogP contribution in [0.1, 0.15) is 32.1 Å². The molecule has 1 heterocycles. The maximum atomic E-state index is 3.39. The fourth-order valence-corrected chi connectivity index (χ4v) is 3.54. The average molecular weight is 239 g/mol. The van der Waals surface area contributed by atoms with Crippen LogP contribution in [-0.4, -0.2) is 63.2 Å². The Bertz CT molecular complexity index is 230. The first-order chi connectivity index (χ1) is 8.15. The molecule has 0 bridgehead atoms. The first-order valence-electron chi connectivity index (χ1n) is 7.19. The molecule has 0 aromatic carbocycles. The molecule has 0 radical (unpaired) electrons. The van der Waals surface area contributed by atoms with Gasteiger partial charge in [-0.05, 0) is 65.3 Å². The van der Waals surface area contributed by atoms with Gasteiger partial charge in [0.15, 0.2) is 0 Å². The number of likely N-dealkylation sites (tertiary alicyclic amines) is 1. The van der Waals surface area contributed by atoms with E-state index in [1.165, 1.54) is 58.3 Å². The Morgan fingerprint density at radius 1 is 1.29 bits per heavy atom. The van der Waals surface area contributed by atoms with Crippen molar-refractivity contribution in [2.75, 3.05) is 47.3 Å². The third-order valence-corrected chi connectivity index (χ3v) is 4.86. The minimum atomic E-state index is 0.590. The van der Waals surface area contributed by atoms with E-state index >= 15 is 0 Å². The van der Waals surface area contributed by atoms with Crippen molar-refractivity contribution in [3.63, 3.8) is 0 Å². The summed E-state index contributed by atoms with van der Waals surface area (Å²) in [6, 6.07) is 0.820. The number of piperidine rings is 1. The van der Waals surface area contributed by atoms with Crippen molar-refractivity contribution in [3.05, 3.63) is 0 Å². The first-order valence-corrected chi connectivity index (χ1v) is 7.19. The van der Waals surface area contributed by atoms with Gasteiger partial charge in [0.1, 0.15) is 0 Å². The van der Waals surface area contributed by atoms with Crippen LogP contribution in [0.15, 0.2) is 0 Å². The summed E-state index contributed by atoms with van der Waals surface area (Å²) in [6.07, 6.45) is 6.98. The van der Waals surface area contributed by atoms with Crippen LogP contribution in [0.2, 0.25) is 0 Å². The van der Waals surface area contributed by atoms with Crippen LogP contribution in [0.5, 0.6) is 0 Å². The molecular weight excluding hydrogens is 210 g/mol. The van der Waals surface area contributed by atoms with Crippen LogP contribution < -0.4 is 5.32 Å². The summed E-state index contributed by atoms with van der Waals surface area (Å²) in [7, 11) is 6.67. The molecule has 0 aromatic rings. The summed E-state index contributed by atoms with van der Waals surface area (Å²) >= 11 is 0. The molecule has 17 heavy (non-hydrogen) atoms. The molecule has 0 unspecified atom stereocenters. The fraction of sp³-hybridized carbons (Fsp3) is 1.00. The fourth-order valence-electron chi connectivity index (χ4n) is 3.54. The van der Waals surface area contributed by atoms with Crippen LogP contribution in [0, 0.1) is 5.41 Å². The Morgan fingerprint density at radius 2 is 1.94 bits per heavy atom. The van der Waals surface area contributed by atoms with Crippen LogP contribution in [0.3, 0.4) is 0 Å². The summed E-state index contributed by atoms with van der Waals surface area (Å²) in [4.78, 5) is 5.10. The molecule has 1 saturated carbocycles. The number of hydrogen-bond acceptors (Lipinski definition) is 3. The van der Waals surface area contributed by atoms with Gasteiger partial charge in [-0.15, -0.1) is 0 Å². The molecule has 2 fully saturated rings. The lowest BCUT2D eigenvalue weighted by atomic mass is 9.68. The zero-order chi connectivity index (χ0) is 12.3. The normalized spacial score (nSPS) is 26.1. The van der Waals surface area contributed by atoms with Crippen molar-refractivity contribution >= 4 is 0 Å². The minimum Gasteiger partial charge on any atom is -0.319 e. The van der Waals surface area contributed by atoms with Crippen molar-refractivity contribution < 1.29 is 0 Å². The third-order valence-electron chi connectivity index (χ3n) is 4.86. The molecule has 0 amide bonds. The molecule has 1 aliphatic heterocycles. The molecule has 0 aromatic heterocycles. The zero-order valence-corrected chi connectivity index (χ0v) is 11.8. The molecule has 3 nitrogen and oxygen atoms in total. The number of rotatable bonds is 5. The van der Waals surface area contributed by atoms with Crippen molar-refractivity contribution in [3.8, 4) is 0 Å². The molecule has 3 heteroatoms. The minimum absolute atomic E-state index is 0.590. The second kappa shape index (κ2) is 5.68. The Balaban J connectivity index is 1.81. The van der Waals surface area contributed by atoms with Gasteiger partial charge in [-0.3, -0.25) is 0 Å². The molecule has 1 saturated heterocycles. The molecule has 0 spiro atoms. The molecule has 2 aliphatic rings. The quantitative estimate of drug-likeness (QED) is 0.782. The van der Waals surface area contributed by atoms with Crippen molar-refractivity contribution in [1.29, 1.82) is 0 Å². The van der Waals surface area contributed by atoms with Crippen molar-refractivity contribution in [2.24, 2.45) is 5.41 Å². The van der Waals surface area contributed by atoms with Gasteiger partial charge in [-0.2, -0.15) is 0 Å². The standard InChI is InChI=1S/C14H29N3/c1-15-11-14(7-4-8-14)12-17(3)13-5-9-16(2)10-6-13/h13,15H,4-12H2,1-3H3. The van der Waals surface area contributed by atoms with E-state index in [2.05, 4.69) is 36.3 Å². The predicted molar refractivity (Wildman–Crippen MR) is 73.4 cm³/mol. The van der Waals surface area contributed by atoms with Gasteiger partial charge in [0, 0.05) is 19.1 Å². The highest BCUT2D eigenvalue weighted by atomic mass is 15.2. The number of hydrogen-bond donors (Lipinski definition) is 1. The number of nitrogens with zero attached hydrogens (tertiary/aromatic N) is 2. The van der Waals surface area contributed by atoms with Gasteiger partial charge in [-0.25, -0.2) is 0 Å². The van der Waals surface area contributed by atoms with E-state index in [0.29, 0.717) is 5.41 Å². The van der Waals surface area contributed by atoms with Crippen LogP contribution in [0.4, 0.5) is 0 Å². The lowest BCUT2D eigenvalue weighted by molar-refractivity contribution is 0.0434. The van der Waals surface area contributed by atoms with Gasteiger partial charge in [-0.1, -0.05) is 6.42 Å². The van der Waals surface area contributed by atoms with Crippen LogP contribution in [-0.2, 0) is 0 Å². The van der Waals surface area contributed by atoms with E-state index in [-0.39, 0.29) is 0 Å². The Kier molecular flexibility index (Phi) is 4.45. The van der Waals surface area contributed by atoms with E-state index in [0.717, 1.165) is 6.04 Å². The molecule has 2 rings (SSSR count). The third kappa shape index (κ3) is 3.21. The second-order valence-corrected chi connectivity index (χ2v) is 6.33. The molecular formula is C14H29N3. The van der Waals surface area contributed by atoms with Gasteiger partial charge >= 0.3 is 0 Å². The van der Waals surface area contributed by atoms with E-state index in [4.69, 9.17) is 0 Å². The highest BCUT2D eigenvalue weighted by Crippen LogP contribution is 2.41. The SMILES string of the molecule is CNCC1(CN(C)C2CCN(C)CC2)CCC1. The second-order valence-electron chi connectivity index (χ2n) is 6.33. The highest BCUT2D eigenvalue weighted by molar-refractivity contribution is 4.93. The zero-order valence-electron chi connectivity index (χ0n) is 11.8. The Hall–Kier alpha value is -0.120. The van der Waals surface area contributed by atoms with E-state index in [1.54, 1.807) is 0 Å². The predicted octanol–water partition coefficient (Wildman–Crippen LogP) is 1.40. The first kappa shape index (κ1) is 13.3. The maximum Gasteiger partial charge on any atom is 0.0117 e. The van der Waals surface area contributed by atoms with Crippen molar-refractivity contribution in [2.45, 2.75) is 38.1 Å². The van der Waals surface area contributed by atoms with Crippen molar-refractivity contribution in [1.82, 2.24) is 15.1 Å². The topological polar surface area (TPSA) is 18.5 Å². The van der Waals surface area contributed by atoms with Gasteiger partial charge in [0.25, 0.3) is 0 Å². The summed E-state index contributed by atoms with van der Waals surface area (Å²) in [5.74, 6) is 0. The summed E-state index contributed by atoms with van der Waals surface area (Å²) in [5.41, 5.74) is 0.590. The molecule has 1 N–H and O–H groups in total. The van der Waals surface area contributed by atoms with Gasteiger partial charge in [0.05, 0.1) is 0 Å². The van der Waals surface area contributed by atoms with Crippen LogP contribution in [0.25, 0.3) is 0 Å². The largest absolute Gasteiger partial charge is 0.319 e. The van der Waals surface area contributed by atoms with E-state index in [1.807, 2.05) is 0 Å². The Labute approximate surface area is 107 Å². The van der Waals surface area contributed by atoms with E-state index in [9.17, 15) is 0 Å². The highest BCUT2D eigenvalue weighted by Gasteiger charge is 2.38. The van der Waals surface area contributed by atoms with Gasteiger partial charge in [0.2, 0.25) is 0 Å². The Morgan fingerprint density at radius 3 is 2.41 bits per heavy atom. The van der Waals surface area contributed by atoms with Crippen LogP contribution >= 0.6 is 0 Å². The lowest BCUT2D eigenvalue weighted by Gasteiger charge is -2.47. The lowest BCUT2D eigenvalue weighted by Crippen LogP contribution is -2.51. The van der Waals surface area contributed by atoms with E-state index < -0.39 is 0 Å². The summed E-state index contributed by atoms with van der Waals surface area (Å²) in [6.45, 7) is 5.04. The summed E-state index contributed by atoms with van der Waals surface area (Å²) in [5, 5.41) is 3.39. The van der Waals surface area contributed by atoms with Gasteiger partial charge < -0.3 is 15.1 Å². The molecule has 0 atom stereocenters. The maximum absolute atomic E-state index is 3.39. The summed E-state index contributed by atoms with van der Waals surface area (Å²) < 4.78 is 0. The molecule has 1 aliphatic carbocycles. The average Bonchev–Trinajstić information content (AvgIpc) is 2.27.